The van der Waals surface area contributed by atoms with Gasteiger partial charge in [0.05, 0.1) is 4.92 Å². The summed E-state index contributed by atoms with van der Waals surface area (Å²) in [6.45, 7) is -3.27. The van der Waals surface area contributed by atoms with Gasteiger partial charge in [-0.3, -0.25) is 10.1 Å². The van der Waals surface area contributed by atoms with E-state index >= 15 is 0 Å². The number of nitro groups is 1. The first-order valence-corrected chi connectivity index (χ1v) is 7.39. The van der Waals surface area contributed by atoms with Crippen molar-refractivity contribution in [2.75, 3.05) is 0 Å². The second kappa shape index (κ2) is 5.48. The van der Waals surface area contributed by atoms with E-state index in [1.165, 1.54) is 22.6 Å². The van der Waals surface area contributed by atoms with E-state index in [0.29, 0.717) is 6.07 Å². The lowest BCUT2D eigenvalue weighted by atomic mass is 10.3. The Hall–Kier alpha value is -0.750. The number of nitrogens with zero attached hydrogens (tertiary/aromatic N) is 1. The van der Waals surface area contributed by atoms with Crippen molar-refractivity contribution in [2.24, 2.45) is 0 Å². The largest absolute Gasteiger partial charge is 0.427 e. The minimum Gasteiger partial charge on any atom is -0.427 e. The monoisotopic (exact) mass is 413 g/mol. The molecular weight excluding hydrogens is 410 g/mol. The molecule has 0 saturated carbocycles. The highest BCUT2D eigenvalue weighted by molar-refractivity contribution is 14.1. The Morgan fingerprint density at radius 3 is 2.39 bits per heavy atom. The van der Waals surface area contributed by atoms with Gasteiger partial charge in [-0.25, -0.2) is 8.42 Å². The number of alkyl halides is 2. The maximum Gasteiger partial charge on any atom is 0.387 e. The zero-order valence-corrected chi connectivity index (χ0v) is 11.9. The van der Waals surface area contributed by atoms with Crippen LogP contribution in [-0.2, 0) is 9.05 Å². The molecule has 0 radical (unpaired) electrons. The molecule has 1 aromatic carbocycles. The van der Waals surface area contributed by atoms with Crippen LogP contribution in [0.4, 0.5) is 14.5 Å². The molecule has 0 bridgehead atoms. The Labute approximate surface area is 118 Å². The minimum absolute atomic E-state index is 0.0659. The third-order valence-electron chi connectivity index (χ3n) is 1.69. The standard InChI is InChI=1S/C7H3ClF2INO5S/c8-18(15,16)6-2-4(12(13)14)5(1-3(6)11)17-7(9)10/h1-2,7H. The van der Waals surface area contributed by atoms with Crippen molar-refractivity contribution in [3.63, 3.8) is 0 Å². The predicted molar refractivity (Wildman–Crippen MR) is 65.5 cm³/mol. The Balaban J connectivity index is 3.49. The van der Waals surface area contributed by atoms with Crippen molar-refractivity contribution in [2.45, 2.75) is 11.5 Å². The molecule has 100 valence electrons. The first-order valence-electron chi connectivity index (χ1n) is 4.00. The van der Waals surface area contributed by atoms with Gasteiger partial charge in [0.2, 0.25) is 5.75 Å². The van der Waals surface area contributed by atoms with Crippen LogP contribution < -0.4 is 4.74 Å². The molecule has 18 heavy (non-hydrogen) atoms. The van der Waals surface area contributed by atoms with E-state index in [1.807, 2.05) is 0 Å². The summed E-state index contributed by atoms with van der Waals surface area (Å²) in [5, 5.41) is 10.6. The van der Waals surface area contributed by atoms with Crippen molar-refractivity contribution < 1.29 is 26.9 Å². The van der Waals surface area contributed by atoms with Gasteiger partial charge in [0.15, 0.2) is 0 Å². The molecule has 6 nitrogen and oxygen atoms in total. The van der Waals surface area contributed by atoms with Crippen LogP contribution in [0.3, 0.4) is 0 Å². The lowest BCUT2D eigenvalue weighted by molar-refractivity contribution is -0.386. The van der Waals surface area contributed by atoms with Gasteiger partial charge in [-0.1, -0.05) is 0 Å². The Morgan fingerprint density at radius 1 is 1.44 bits per heavy atom. The molecule has 1 rings (SSSR count). The first kappa shape index (κ1) is 15.3. The van der Waals surface area contributed by atoms with Crippen molar-refractivity contribution in [1.82, 2.24) is 0 Å². The van der Waals surface area contributed by atoms with Crippen LogP contribution in [0.1, 0.15) is 0 Å². The molecule has 0 aromatic heterocycles. The fraction of sp³-hybridized carbons (Fsp3) is 0.143. The zero-order chi connectivity index (χ0) is 14.1. The van der Waals surface area contributed by atoms with Crippen LogP contribution in [0.5, 0.6) is 5.75 Å². The highest BCUT2D eigenvalue weighted by Crippen LogP contribution is 2.35. The second-order valence-electron chi connectivity index (χ2n) is 2.82. The van der Waals surface area contributed by atoms with Crippen molar-refractivity contribution in [1.29, 1.82) is 0 Å². The van der Waals surface area contributed by atoms with Crippen LogP contribution in [0.2, 0.25) is 0 Å². The number of halogens is 4. The number of hydrogen-bond acceptors (Lipinski definition) is 5. The SMILES string of the molecule is O=[N+]([O-])c1cc(S(=O)(=O)Cl)c(I)cc1OC(F)F. The van der Waals surface area contributed by atoms with Crippen LogP contribution in [0, 0.1) is 13.7 Å². The average Bonchev–Trinajstić information content (AvgIpc) is 2.13. The molecule has 0 aliphatic heterocycles. The lowest BCUT2D eigenvalue weighted by Crippen LogP contribution is -2.06. The molecule has 1 aromatic rings. The number of nitro benzene ring substituents is 1. The van der Waals surface area contributed by atoms with Crippen LogP contribution in [0.25, 0.3) is 0 Å². The third kappa shape index (κ3) is 3.62. The molecule has 0 aliphatic rings. The Bertz CT molecular complexity index is 594. The molecule has 0 atom stereocenters. The van der Waals surface area contributed by atoms with Gasteiger partial charge >= 0.3 is 12.3 Å². The molecule has 11 heteroatoms. The molecule has 0 spiro atoms. The van der Waals surface area contributed by atoms with E-state index < -0.39 is 36.9 Å². The molecular formula is C7H3ClF2INO5S. The highest BCUT2D eigenvalue weighted by atomic mass is 127. The summed E-state index contributed by atoms with van der Waals surface area (Å²) in [6.07, 6.45) is 0. The normalized spacial score (nSPS) is 11.6. The van der Waals surface area contributed by atoms with Crippen LogP contribution in [-0.4, -0.2) is 20.0 Å². The van der Waals surface area contributed by atoms with Crippen LogP contribution in [0.15, 0.2) is 17.0 Å². The van der Waals surface area contributed by atoms with Gasteiger partial charge < -0.3 is 4.74 Å². The molecule has 0 saturated heterocycles. The summed E-state index contributed by atoms with van der Waals surface area (Å²) in [4.78, 5) is 9.05. The summed E-state index contributed by atoms with van der Waals surface area (Å²) in [5.74, 6) is -0.733. The van der Waals surface area contributed by atoms with Gasteiger partial charge in [-0.2, -0.15) is 8.78 Å². The fourth-order valence-corrected chi connectivity index (χ4v) is 3.67. The minimum atomic E-state index is -4.22. The first-order chi connectivity index (χ1) is 8.12. The van der Waals surface area contributed by atoms with Crippen molar-refractivity contribution in [3.8, 4) is 5.75 Å². The van der Waals surface area contributed by atoms with Gasteiger partial charge in [0.25, 0.3) is 9.05 Å². The second-order valence-corrected chi connectivity index (χ2v) is 6.52. The molecule has 0 amide bonds. The predicted octanol–water partition coefficient (Wildman–Crippen LogP) is 2.73. The smallest absolute Gasteiger partial charge is 0.387 e. The highest BCUT2D eigenvalue weighted by Gasteiger charge is 2.25. The van der Waals surface area contributed by atoms with Gasteiger partial charge in [0.1, 0.15) is 4.90 Å². The fourth-order valence-electron chi connectivity index (χ4n) is 1.04. The molecule has 0 heterocycles. The van der Waals surface area contributed by atoms with E-state index in [9.17, 15) is 27.3 Å². The van der Waals surface area contributed by atoms with Gasteiger partial charge in [-0.05, 0) is 22.6 Å². The van der Waals surface area contributed by atoms with E-state index in [0.717, 1.165) is 6.07 Å². The van der Waals surface area contributed by atoms with E-state index in [1.54, 1.807) is 0 Å². The molecule has 0 N–H and O–H groups in total. The van der Waals surface area contributed by atoms with E-state index in [4.69, 9.17) is 10.7 Å². The van der Waals surface area contributed by atoms with Crippen molar-refractivity contribution in [3.05, 3.63) is 25.8 Å². The number of rotatable bonds is 4. The Morgan fingerprint density at radius 2 is 2.00 bits per heavy atom. The zero-order valence-electron chi connectivity index (χ0n) is 8.14. The van der Waals surface area contributed by atoms with Crippen molar-refractivity contribution >= 4 is 48.0 Å². The lowest BCUT2D eigenvalue weighted by Gasteiger charge is -2.07. The molecule has 0 aliphatic carbocycles. The van der Waals surface area contributed by atoms with Crippen LogP contribution >= 0.6 is 33.3 Å². The number of hydrogen-bond donors (Lipinski definition) is 0. The van der Waals surface area contributed by atoms with Gasteiger partial charge in [-0.15, -0.1) is 0 Å². The maximum absolute atomic E-state index is 12.0. The quantitative estimate of drug-likeness (QED) is 0.328. The number of benzene rings is 1. The van der Waals surface area contributed by atoms with E-state index in [-0.39, 0.29) is 3.57 Å². The number of ether oxygens (including phenoxy) is 1. The summed E-state index contributed by atoms with van der Waals surface area (Å²) >= 11 is 1.49. The average molecular weight is 414 g/mol. The third-order valence-corrected chi connectivity index (χ3v) is 4.31. The molecule has 0 fully saturated rings. The molecule has 0 unspecified atom stereocenters. The maximum atomic E-state index is 12.0. The summed E-state index contributed by atoms with van der Waals surface area (Å²) < 4.78 is 50.2. The summed E-state index contributed by atoms with van der Waals surface area (Å²) in [7, 11) is 0.837. The summed E-state index contributed by atoms with van der Waals surface area (Å²) in [5.41, 5.74) is -0.907. The summed E-state index contributed by atoms with van der Waals surface area (Å²) in [6, 6.07) is 1.38. The van der Waals surface area contributed by atoms with E-state index in [2.05, 4.69) is 4.74 Å². The van der Waals surface area contributed by atoms with Gasteiger partial charge in [0, 0.05) is 26.4 Å². The topological polar surface area (TPSA) is 86.5 Å². The Kier molecular flexibility index (Phi) is 4.66.